The number of benzene rings is 2. The van der Waals surface area contributed by atoms with Crippen molar-refractivity contribution in [1.82, 2.24) is 0 Å². The zero-order valence-electron chi connectivity index (χ0n) is 12.1. The summed E-state index contributed by atoms with van der Waals surface area (Å²) in [5.74, 6) is 0.992. The maximum Gasteiger partial charge on any atom is 0.0833 e. The predicted molar refractivity (Wildman–Crippen MR) is 88.5 cm³/mol. The third-order valence-corrected chi connectivity index (χ3v) is 5.35. The van der Waals surface area contributed by atoms with Crippen molar-refractivity contribution in [1.29, 1.82) is 5.26 Å². The van der Waals surface area contributed by atoms with E-state index in [0.29, 0.717) is 0 Å². The van der Waals surface area contributed by atoms with Gasteiger partial charge in [-0.1, -0.05) is 42.5 Å². The van der Waals surface area contributed by atoms with Crippen molar-refractivity contribution in [2.45, 2.75) is 36.0 Å². The fourth-order valence-corrected chi connectivity index (χ4v) is 4.25. The van der Waals surface area contributed by atoms with E-state index in [2.05, 4.69) is 54.6 Å². The molecule has 21 heavy (non-hydrogen) atoms. The summed E-state index contributed by atoms with van der Waals surface area (Å²) in [5.41, 5.74) is 2.36. The van der Waals surface area contributed by atoms with Gasteiger partial charge in [0.15, 0.2) is 0 Å². The quantitative estimate of drug-likeness (QED) is 0.743. The molecule has 0 heterocycles. The van der Waals surface area contributed by atoms with Gasteiger partial charge in [-0.05, 0) is 54.7 Å². The minimum Gasteiger partial charge on any atom is -0.197 e. The van der Waals surface area contributed by atoms with Crippen molar-refractivity contribution in [2.75, 3.05) is 5.75 Å². The third-order valence-electron chi connectivity index (χ3n) is 4.34. The zero-order valence-corrected chi connectivity index (χ0v) is 12.9. The van der Waals surface area contributed by atoms with Gasteiger partial charge < -0.3 is 0 Å². The van der Waals surface area contributed by atoms with Crippen molar-refractivity contribution in [3.8, 4) is 6.07 Å². The van der Waals surface area contributed by atoms with Crippen molar-refractivity contribution >= 4 is 11.8 Å². The maximum absolute atomic E-state index is 9.83. The number of hydrogen-bond donors (Lipinski definition) is 0. The van der Waals surface area contributed by atoms with Gasteiger partial charge in [-0.15, -0.1) is 11.8 Å². The first-order chi connectivity index (χ1) is 10.3. The van der Waals surface area contributed by atoms with Crippen LogP contribution in [0.3, 0.4) is 0 Å². The Labute approximate surface area is 131 Å². The second kappa shape index (κ2) is 6.37. The highest BCUT2D eigenvalue weighted by molar-refractivity contribution is 7.99. The van der Waals surface area contributed by atoms with Gasteiger partial charge in [0.2, 0.25) is 0 Å². The molecular formula is C19H19NS. The molecule has 0 bridgehead atoms. The van der Waals surface area contributed by atoms with Crippen molar-refractivity contribution in [2.24, 2.45) is 0 Å². The first-order valence-electron chi connectivity index (χ1n) is 7.52. The summed E-state index contributed by atoms with van der Waals surface area (Å²) < 4.78 is 0. The molecule has 3 rings (SSSR count). The fraction of sp³-hybridized carbons (Fsp3) is 0.316. The molecule has 0 aromatic heterocycles. The standard InChI is InChI=1S/C19H19NS/c20-15-19(13-14-21-17-9-2-1-3-10-17)12-6-8-16-7-4-5-11-18(16)19/h1-5,7,9-11H,6,8,12-14H2. The van der Waals surface area contributed by atoms with Gasteiger partial charge >= 0.3 is 0 Å². The topological polar surface area (TPSA) is 23.8 Å². The van der Waals surface area contributed by atoms with E-state index in [0.717, 1.165) is 31.4 Å². The van der Waals surface area contributed by atoms with Crippen molar-refractivity contribution in [3.05, 3.63) is 65.7 Å². The van der Waals surface area contributed by atoms with E-state index in [1.165, 1.54) is 16.0 Å². The summed E-state index contributed by atoms with van der Waals surface area (Å²) >= 11 is 1.85. The second-order valence-electron chi connectivity index (χ2n) is 5.62. The molecule has 1 aliphatic rings. The van der Waals surface area contributed by atoms with E-state index in [1.54, 1.807) is 0 Å². The van der Waals surface area contributed by atoms with Crippen LogP contribution >= 0.6 is 11.8 Å². The number of hydrogen-bond acceptors (Lipinski definition) is 2. The Morgan fingerprint density at radius 1 is 1.05 bits per heavy atom. The van der Waals surface area contributed by atoms with E-state index >= 15 is 0 Å². The number of aryl methyl sites for hydroxylation is 1. The molecule has 106 valence electrons. The zero-order chi connectivity index (χ0) is 14.5. The Balaban J connectivity index is 1.75. The molecule has 1 unspecified atom stereocenters. The molecule has 0 saturated heterocycles. The molecule has 0 fully saturated rings. The lowest BCUT2D eigenvalue weighted by molar-refractivity contribution is 0.443. The van der Waals surface area contributed by atoms with Gasteiger partial charge in [-0.3, -0.25) is 0 Å². The molecule has 0 aliphatic heterocycles. The highest BCUT2D eigenvalue weighted by atomic mass is 32.2. The molecular weight excluding hydrogens is 274 g/mol. The Bertz CT molecular complexity index is 644. The largest absolute Gasteiger partial charge is 0.197 e. The van der Waals surface area contributed by atoms with Crippen LogP contribution in [0.25, 0.3) is 0 Å². The third kappa shape index (κ3) is 2.99. The minimum absolute atomic E-state index is 0.281. The van der Waals surface area contributed by atoms with Crippen LogP contribution < -0.4 is 0 Å². The SMILES string of the molecule is N#CC1(CCSc2ccccc2)CCCc2ccccc21. The summed E-state index contributed by atoms with van der Waals surface area (Å²) in [5, 5.41) is 9.83. The van der Waals surface area contributed by atoms with E-state index in [-0.39, 0.29) is 5.41 Å². The van der Waals surface area contributed by atoms with E-state index in [9.17, 15) is 5.26 Å². The summed E-state index contributed by atoms with van der Waals surface area (Å²) in [6.07, 6.45) is 4.17. The normalized spacial score (nSPS) is 20.5. The van der Waals surface area contributed by atoms with E-state index < -0.39 is 0 Å². The van der Waals surface area contributed by atoms with Gasteiger partial charge in [0.1, 0.15) is 0 Å². The summed E-state index contributed by atoms with van der Waals surface area (Å²) in [7, 11) is 0. The fourth-order valence-electron chi connectivity index (χ4n) is 3.21. The molecule has 2 aromatic carbocycles. The molecule has 2 aromatic rings. The summed E-state index contributed by atoms with van der Waals surface area (Å²) in [4.78, 5) is 1.29. The summed E-state index contributed by atoms with van der Waals surface area (Å²) in [6.45, 7) is 0. The van der Waals surface area contributed by atoms with Gasteiger partial charge in [0, 0.05) is 4.90 Å². The van der Waals surface area contributed by atoms with Crippen molar-refractivity contribution in [3.63, 3.8) is 0 Å². The lowest BCUT2D eigenvalue weighted by Crippen LogP contribution is -2.30. The van der Waals surface area contributed by atoms with Crippen LogP contribution in [0.15, 0.2) is 59.5 Å². The van der Waals surface area contributed by atoms with Gasteiger partial charge in [0.05, 0.1) is 11.5 Å². The number of nitrogens with zero attached hydrogens (tertiary/aromatic N) is 1. The molecule has 0 saturated carbocycles. The molecule has 1 atom stereocenters. The van der Waals surface area contributed by atoms with Crippen molar-refractivity contribution < 1.29 is 0 Å². The second-order valence-corrected chi connectivity index (χ2v) is 6.78. The smallest absolute Gasteiger partial charge is 0.0833 e. The van der Waals surface area contributed by atoms with Gasteiger partial charge in [-0.25, -0.2) is 0 Å². The molecule has 1 aliphatic carbocycles. The first-order valence-corrected chi connectivity index (χ1v) is 8.50. The number of rotatable bonds is 4. The molecule has 2 heteroatoms. The van der Waals surface area contributed by atoms with Crippen LogP contribution in [0.4, 0.5) is 0 Å². The number of fused-ring (bicyclic) bond motifs is 1. The highest BCUT2D eigenvalue weighted by Crippen LogP contribution is 2.40. The predicted octanol–water partition coefficient (Wildman–Crippen LogP) is 4.97. The lowest BCUT2D eigenvalue weighted by Gasteiger charge is -2.33. The highest BCUT2D eigenvalue weighted by Gasteiger charge is 2.36. The van der Waals surface area contributed by atoms with E-state index in [1.807, 2.05) is 17.8 Å². The Kier molecular flexibility index (Phi) is 4.31. The number of nitriles is 1. The molecule has 0 N–H and O–H groups in total. The minimum atomic E-state index is -0.281. The molecule has 1 nitrogen and oxygen atoms in total. The molecule has 0 radical (unpaired) electrons. The molecule has 0 amide bonds. The average Bonchev–Trinajstić information content (AvgIpc) is 2.56. The summed E-state index contributed by atoms with van der Waals surface area (Å²) in [6, 6.07) is 21.6. The molecule has 0 spiro atoms. The average molecular weight is 293 g/mol. The first kappa shape index (κ1) is 14.2. The van der Waals surface area contributed by atoms with Crippen LogP contribution in [-0.2, 0) is 11.8 Å². The Hall–Kier alpha value is -1.72. The van der Waals surface area contributed by atoms with Crippen LogP contribution in [0.1, 0.15) is 30.4 Å². The monoisotopic (exact) mass is 293 g/mol. The van der Waals surface area contributed by atoms with Gasteiger partial charge in [0.25, 0.3) is 0 Å². The Morgan fingerprint density at radius 3 is 2.62 bits per heavy atom. The maximum atomic E-state index is 9.83. The van der Waals surface area contributed by atoms with Crippen LogP contribution in [0.5, 0.6) is 0 Å². The van der Waals surface area contributed by atoms with Gasteiger partial charge in [-0.2, -0.15) is 5.26 Å². The van der Waals surface area contributed by atoms with Crippen LogP contribution in [0.2, 0.25) is 0 Å². The lowest BCUT2D eigenvalue weighted by atomic mass is 9.69. The Morgan fingerprint density at radius 2 is 1.81 bits per heavy atom. The van der Waals surface area contributed by atoms with Crippen LogP contribution in [0, 0.1) is 11.3 Å². The van der Waals surface area contributed by atoms with Crippen LogP contribution in [-0.4, -0.2) is 5.75 Å². The van der Waals surface area contributed by atoms with E-state index in [4.69, 9.17) is 0 Å². The number of thioether (sulfide) groups is 1.